The number of benzene rings is 1. The second kappa shape index (κ2) is 5.51. The van der Waals surface area contributed by atoms with Crippen molar-refractivity contribution in [3.05, 3.63) is 28.2 Å². The molecule has 1 amide bonds. The van der Waals surface area contributed by atoms with Gasteiger partial charge in [0.15, 0.2) is 0 Å². The van der Waals surface area contributed by atoms with E-state index in [0.29, 0.717) is 17.9 Å². The summed E-state index contributed by atoms with van der Waals surface area (Å²) in [5, 5.41) is 2.89. The second-order valence-electron chi connectivity index (χ2n) is 4.51. The standard InChI is InChI=1S/C12H17BrN2O2/c1-12(2,7-17-3)15-11(16)8-4-5-9(13)10(14)6-8/h4-6H,7,14H2,1-3H3,(H,15,16). The van der Waals surface area contributed by atoms with Gasteiger partial charge in [0.2, 0.25) is 0 Å². The third-order valence-corrected chi connectivity index (χ3v) is 2.94. The molecule has 0 aliphatic heterocycles. The molecular formula is C12H17BrN2O2. The summed E-state index contributed by atoms with van der Waals surface area (Å²) >= 11 is 3.29. The molecule has 17 heavy (non-hydrogen) atoms. The zero-order chi connectivity index (χ0) is 13.1. The molecule has 0 spiro atoms. The molecule has 0 saturated carbocycles. The SMILES string of the molecule is COCC(C)(C)NC(=O)c1ccc(Br)c(N)c1. The number of hydrogen-bond acceptors (Lipinski definition) is 3. The molecule has 0 aliphatic carbocycles. The van der Waals surface area contributed by atoms with Gasteiger partial charge >= 0.3 is 0 Å². The maximum Gasteiger partial charge on any atom is 0.251 e. The average Bonchev–Trinajstić information content (AvgIpc) is 2.21. The molecule has 1 rings (SSSR count). The number of anilines is 1. The zero-order valence-corrected chi connectivity index (χ0v) is 11.8. The maximum absolute atomic E-state index is 12.0. The van der Waals surface area contributed by atoms with Gasteiger partial charge in [0, 0.05) is 22.8 Å². The number of nitrogen functional groups attached to an aromatic ring is 1. The Bertz CT molecular complexity index is 419. The highest BCUT2D eigenvalue weighted by atomic mass is 79.9. The van der Waals surface area contributed by atoms with Gasteiger partial charge in [-0.1, -0.05) is 0 Å². The number of methoxy groups -OCH3 is 1. The summed E-state index contributed by atoms with van der Waals surface area (Å²) in [7, 11) is 1.60. The van der Waals surface area contributed by atoms with E-state index in [1.54, 1.807) is 25.3 Å². The van der Waals surface area contributed by atoms with Crippen molar-refractivity contribution in [2.24, 2.45) is 0 Å². The van der Waals surface area contributed by atoms with Crippen LogP contribution in [0.4, 0.5) is 5.69 Å². The van der Waals surface area contributed by atoms with Gasteiger partial charge < -0.3 is 15.8 Å². The molecule has 0 aliphatic rings. The molecule has 0 saturated heterocycles. The van der Waals surface area contributed by atoms with Crippen LogP contribution in [-0.2, 0) is 4.74 Å². The first kappa shape index (κ1) is 14.0. The molecule has 0 bridgehead atoms. The van der Waals surface area contributed by atoms with Gasteiger partial charge in [0.05, 0.1) is 12.1 Å². The van der Waals surface area contributed by atoms with E-state index < -0.39 is 5.54 Å². The quantitative estimate of drug-likeness (QED) is 0.838. The largest absolute Gasteiger partial charge is 0.398 e. The van der Waals surface area contributed by atoms with E-state index in [1.807, 2.05) is 13.8 Å². The van der Waals surface area contributed by atoms with Crippen LogP contribution in [0.2, 0.25) is 0 Å². The Morgan fingerprint density at radius 3 is 2.71 bits per heavy atom. The van der Waals surface area contributed by atoms with Crippen LogP contribution in [0.5, 0.6) is 0 Å². The van der Waals surface area contributed by atoms with Crippen molar-refractivity contribution in [2.45, 2.75) is 19.4 Å². The fourth-order valence-electron chi connectivity index (χ4n) is 1.46. The normalized spacial score (nSPS) is 11.3. The fraction of sp³-hybridized carbons (Fsp3) is 0.417. The molecule has 1 aromatic rings. The van der Waals surface area contributed by atoms with Crippen LogP contribution < -0.4 is 11.1 Å². The van der Waals surface area contributed by atoms with Crippen molar-refractivity contribution in [2.75, 3.05) is 19.5 Å². The zero-order valence-electron chi connectivity index (χ0n) is 10.2. The van der Waals surface area contributed by atoms with Gasteiger partial charge in [-0.25, -0.2) is 0 Å². The second-order valence-corrected chi connectivity index (χ2v) is 5.36. The van der Waals surface area contributed by atoms with E-state index in [9.17, 15) is 4.79 Å². The molecule has 4 nitrogen and oxygen atoms in total. The molecule has 0 unspecified atom stereocenters. The van der Waals surface area contributed by atoms with E-state index in [4.69, 9.17) is 10.5 Å². The minimum atomic E-state index is -0.409. The van der Waals surface area contributed by atoms with E-state index in [-0.39, 0.29) is 5.91 Å². The number of nitrogens with two attached hydrogens (primary N) is 1. The van der Waals surface area contributed by atoms with Gasteiger partial charge in [-0.3, -0.25) is 4.79 Å². The molecule has 94 valence electrons. The third-order valence-electron chi connectivity index (χ3n) is 2.22. The molecule has 1 aromatic carbocycles. The Hall–Kier alpha value is -1.07. The Kier molecular flexibility index (Phi) is 4.54. The Balaban J connectivity index is 2.80. The number of carbonyl (C=O) groups excluding carboxylic acids is 1. The first-order valence-electron chi connectivity index (χ1n) is 5.22. The van der Waals surface area contributed by atoms with Crippen LogP contribution in [0, 0.1) is 0 Å². The van der Waals surface area contributed by atoms with Gasteiger partial charge in [-0.15, -0.1) is 0 Å². The van der Waals surface area contributed by atoms with Crippen molar-refractivity contribution in [3.63, 3.8) is 0 Å². The van der Waals surface area contributed by atoms with Crippen LogP contribution in [0.3, 0.4) is 0 Å². The highest BCUT2D eigenvalue weighted by Crippen LogP contribution is 2.20. The molecule has 3 N–H and O–H groups in total. The molecule has 0 heterocycles. The number of halogens is 1. The molecule has 0 aromatic heterocycles. The minimum Gasteiger partial charge on any atom is -0.398 e. The monoisotopic (exact) mass is 300 g/mol. The molecular weight excluding hydrogens is 284 g/mol. The summed E-state index contributed by atoms with van der Waals surface area (Å²) in [5.74, 6) is -0.161. The number of ether oxygens (including phenoxy) is 1. The van der Waals surface area contributed by atoms with Crippen LogP contribution in [0.25, 0.3) is 0 Å². The van der Waals surface area contributed by atoms with Gasteiger partial charge in [0.25, 0.3) is 5.91 Å². The Morgan fingerprint density at radius 1 is 1.53 bits per heavy atom. The molecule has 0 radical (unpaired) electrons. The maximum atomic E-state index is 12.0. The number of rotatable bonds is 4. The van der Waals surface area contributed by atoms with Crippen LogP contribution in [0.1, 0.15) is 24.2 Å². The first-order chi connectivity index (χ1) is 7.85. The summed E-state index contributed by atoms with van der Waals surface area (Å²) in [4.78, 5) is 12.0. The number of amides is 1. The van der Waals surface area contributed by atoms with Gasteiger partial charge in [-0.2, -0.15) is 0 Å². The van der Waals surface area contributed by atoms with Crippen molar-refractivity contribution < 1.29 is 9.53 Å². The van der Waals surface area contributed by atoms with Crippen LogP contribution in [0.15, 0.2) is 22.7 Å². The van der Waals surface area contributed by atoms with E-state index in [1.165, 1.54) is 0 Å². The summed E-state index contributed by atoms with van der Waals surface area (Å²) < 4.78 is 5.82. The van der Waals surface area contributed by atoms with Gasteiger partial charge in [0.1, 0.15) is 0 Å². The Labute approximate surface area is 110 Å². The van der Waals surface area contributed by atoms with Crippen molar-refractivity contribution in [3.8, 4) is 0 Å². The lowest BCUT2D eigenvalue weighted by Crippen LogP contribution is -2.46. The smallest absolute Gasteiger partial charge is 0.251 e. The van der Waals surface area contributed by atoms with Gasteiger partial charge in [-0.05, 0) is 48.0 Å². The lowest BCUT2D eigenvalue weighted by molar-refractivity contribution is 0.0820. The lowest BCUT2D eigenvalue weighted by atomic mass is 10.1. The molecule has 5 heteroatoms. The first-order valence-corrected chi connectivity index (χ1v) is 6.01. The van der Waals surface area contributed by atoms with Crippen molar-refractivity contribution in [1.82, 2.24) is 5.32 Å². The lowest BCUT2D eigenvalue weighted by Gasteiger charge is -2.25. The fourth-order valence-corrected chi connectivity index (χ4v) is 1.71. The summed E-state index contributed by atoms with van der Waals surface area (Å²) in [6, 6.07) is 5.12. The van der Waals surface area contributed by atoms with E-state index >= 15 is 0 Å². The summed E-state index contributed by atoms with van der Waals surface area (Å²) in [6.07, 6.45) is 0. The van der Waals surface area contributed by atoms with Crippen molar-refractivity contribution in [1.29, 1.82) is 0 Å². The molecule has 0 atom stereocenters. The van der Waals surface area contributed by atoms with E-state index in [2.05, 4.69) is 21.2 Å². The predicted octanol–water partition coefficient (Wildman–Crippen LogP) is 2.19. The van der Waals surface area contributed by atoms with E-state index in [0.717, 1.165) is 4.47 Å². The number of hydrogen-bond donors (Lipinski definition) is 2. The topological polar surface area (TPSA) is 64.3 Å². The summed E-state index contributed by atoms with van der Waals surface area (Å²) in [6.45, 7) is 4.25. The molecule has 0 fully saturated rings. The highest BCUT2D eigenvalue weighted by Gasteiger charge is 2.21. The van der Waals surface area contributed by atoms with Crippen LogP contribution >= 0.6 is 15.9 Å². The highest BCUT2D eigenvalue weighted by molar-refractivity contribution is 9.10. The third kappa shape index (κ3) is 4.02. The predicted molar refractivity (Wildman–Crippen MR) is 72.0 cm³/mol. The summed E-state index contributed by atoms with van der Waals surface area (Å²) in [5.41, 5.74) is 6.40. The van der Waals surface area contributed by atoms with Crippen LogP contribution in [-0.4, -0.2) is 25.2 Å². The minimum absolute atomic E-state index is 0.161. The average molecular weight is 301 g/mol. The Morgan fingerprint density at radius 2 is 2.18 bits per heavy atom. The van der Waals surface area contributed by atoms with Crippen molar-refractivity contribution >= 4 is 27.5 Å². The number of nitrogens with one attached hydrogen (secondary N) is 1. The number of carbonyl (C=O) groups is 1.